The Morgan fingerprint density at radius 1 is 1.43 bits per heavy atom. The van der Waals surface area contributed by atoms with Gasteiger partial charge in [-0.1, -0.05) is 6.08 Å². The molecule has 14 heavy (non-hydrogen) atoms. The summed E-state index contributed by atoms with van der Waals surface area (Å²) in [7, 11) is 0. The molecule has 1 aliphatic rings. The summed E-state index contributed by atoms with van der Waals surface area (Å²) in [5.41, 5.74) is 0. The number of hydrogen-bond donors (Lipinski definition) is 3. The molecular weight excluding hydrogens is 188 g/mol. The molecule has 0 amide bonds. The largest absolute Gasteiger partial charge is 0.394 e. The zero-order valence-corrected chi connectivity index (χ0v) is 7.87. The second-order valence-corrected chi connectivity index (χ2v) is 3.20. The molecule has 1 fully saturated rings. The van der Waals surface area contributed by atoms with Gasteiger partial charge in [0, 0.05) is 0 Å². The maximum absolute atomic E-state index is 9.57. The van der Waals surface area contributed by atoms with E-state index < -0.39 is 24.4 Å². The van der Waals surface area contributed by atoms with Gasteiger partial charge in [-0.05, 0) is 0 Å². The topological polar surface area (TPSA) is 79.2 Å². The molecule has 1 saturated heterocycles. The van der Waals surface area contributed by atoms with Crippen molar-refractivity contribution in [1.82, 2.24) is 0 Å². The summed E-state index contributed by atoms with van der Waals surface area (Å²) in [5.74, 6) is 0. The van der Waals surface area contributed by atoms with Crippen LogP contribution in [0.3, 0.4) is 0 Å². The van der Waals surface area contributed by atoms with Crippen LogP contribution in [-0.2, 0) is 9.47 Å². The Bertz CT molecular complexity index is 184. The first-order valence-corrected chi connectivity index (χ1v) is 4.51. The smallest absolute Gasteiger partial charge is 0.111 e. The second kappa shape index (κ2) is 5.43. The third-order valence-corrected chi connectivity index (χ3v) is 2.19. The average Bonchev–Trinajstić information content (AvgIpc) is 2.20. The van der Waals surface area contributed by atoms with Crippen LogP contribution in [-0.4, -0.2) is 59.6 Å². The fourth-order valence-corrected chi connectivity index (χ4v) is 1.35. The van der Waals surface area contributed by atoms with Crippen LogP contribution < -0.4 is 0 Å². The maximum Gasteiger partial charge on any atom is 0.111 e. The van der Waals surface area contributed by atoms with Crippen LogP contribution in [0.4, 0.5) is 0 Å². The zero-order chi connectivity index (χ0) is 10.6. The van der Waals surface area contributed by atoms with Crippen LogP contribution in [0.2, 0.25) is 0 Å². The fraction of sp³-hybridized carbons (Fsp3) is 0.778. The number of aliphatic hydroxyl groups excluding tert-OH is 3. The minimum atomic E-state index is -1.11. The highest BCUT2D eigenvalue weighted by atomic mass is 16.6. The monoisotopic (exact) mass is 204 g/mol. The molecule has 3 N–H and O–H groups in total. The van der Waals surface area contributed by atoms with E-state index in [0.717, 1.165) is 0 Å². The normalized spacial score (nSPS) is 38.2. The van der Waals surface area contributed by atoms with Crippen molar-refractivity contribution in [2.24, 2.45) is 0 Å². The van der Waals surface area contributed by atoms with Gasteiger partial charge in [-0.15, -0.1) is 6.58 Å². The van der Waals surface area contributed by atoms with Gasteiger partial charge in [0.1, 0.15) is 24.4 Å². The maximum atomic E-state index is 9.57. The van der Waals surface area contributed by atoms with Gasteiger partial charge in [-0.3, -0.25) is 0 Å². The van der Waals surface area contributed by atoms with Crippen LogP contribution in [0.15, 0.2) is 12.7 Å². The second-order valence-electron chi connectivity index (χ2n) is 3.20. The van der Waals surface area contributed by atoms with Crippen LogP contribution in [0, 0.1) is 0 Å². The summed E-state index contributed by atoms with van der Waals surface area (Å²) in [5, 5.41) is 27.8. The first kappa shape index (κ1) is 11.6. The predicted molar refractivity (Wildman–Crippen MR) is 48.8 cm³/mol. The Morgan fingerprint density at radius 2 is 2.14 bits per heavy atom. The number of rotatable bonds is 4. The van der Waals surface area contributed by atoms with Gasteiger partial charge in [0.25, 0.3) is 0 Å². The summed E-state index contributed by atoms with van der Waals surface area (Å²) < 4.78 is 10.3. The first-order valence-electron chi connectivity index (χ1n) is 4.51. The van der Waals surface area contributed by atoms with Crippen molar-refractivity contribution >= 4 is 0 Å². The van der Waals surface area contributed by atoms with Gasteiger partial charge >= 0.3 is 0 Å². The van der Waals surface area contributed by atoms with Crippen LogP contribution >= 0.6 is 0 Å². The lowest BCUT2D eigenvalue weighted by molar-refractivity contribution is -0.205. The molecule has 5 heteroatoms. The van der Waals surface area contributed by atoms with Gasteiger partial charge in [0.05, 0.1) is 19.8 Å². The van der Waals surface area contributed by atoms with Crippen molar-refractivity contribution in [3.05, 3.63) is 12.7 Å². The number of aliphatic hydroxyl groups is 3. The molecule has 0 saturated carbocycles. The molecule has 1 rings (SSSR count). The van der Waals surface area contributed by atoms with Gasteiger partial charge in [0.2, 0.25) is 0 Å². The summed E-state index contributed by atoms with van der Waals surface area (Å²) in [6.45, 7) is 3.61. The molecule has 0 aromatic rings. The standard InChI is InChI=1S/C9H16O5/c1-2-3-13-7-5-14-6(4-10)8(11)9(7)12/h2,6-12H,1,3-5H2/t6-,7+,8-,9-/m1/s1. The lowest BCUT2D eigenvalue weighted by atomic mass is 10.0. The van der Waals surface area contributed by atoms with Crippen molar-refractivity contribution in [3.63, 3.8) is 0 Å². The number of ether oxygens (including phenoxy) is 2. The van der Waals surface area contributed by atoms with Crippen molar-refractivity contribution in [2.75, 3.05) is 19.8 Å². The highest BCUT2D eigenvalue weighted by molar-refractivity contribution is 4.87. The van der Waals surface area contributed by atoms with Crippen molar-refractivity contribution in [2.45, 2.75) is 24.4 Å². The summed E-state index contributed by atoms with van der Waals surface area (Å²) in [6.07, 6.45) is -1.87. The third kappa shape index (κ3) is 2.52. The zero-order valence-electron chi connectivity index (χ0n) is 7.87. The van der Waals surface area contributed by atoms with Gasteiger partial charge < -0.3 is 24.8 Å². The molecule has 0 aromatic carbocycles. The molecule has 0 aromatic heterocycles. The summed E-state index contributed by atoms with van der Waals surface area (Å²) in [6, 6.07) is 0. The predicted octanol–water partition coefficient (Wildman–Crippen LogP) is -1.33. The Balaban J connectivity index is 2.46. The molecule has 0 unspecified atom stereocenters. The van der Waals surface area contributed by atoms with E-state index in [1.54, 1.807) is 6.08 Å². The minimum Gasteiger partial charge on any atom is -0.394 e. The van der Waals surface area contributed by atoms with Gasteiger partial charge in [-0.2, -0.15) is 0 Å². The van der Waals surface area contributed by atoms with Crippen LogP contribution in [0.1, 0.15) is 0 Å². The summed E-state index contributed by atoms with van der Waals surface area (Å²) >= 11 is 0. The third-order valence-electron chi connectivity index (χ3n) is 2.19. The highest BCUT2D eigenvalue weighted by Gasteiger charge is 2.38. The average molecular weight is 204 g/mol. The van der Waals surface area contributed by atoms with E-state index >= 15 is 0 Å². The van der Waals surface area contributed by atoms with Gasteiger partial charge in [0.15, 0.2) is 0 Å². The van der Waals surface area contributed by atoms with E-state index in [4.69, 9.17) is 14.6 Å². The molecular formula is C9H16O5. The summed E-state index contributed by atoms with van der Waals surface area (Å²) in [4.78, 5) is 0. The quantitative estimate of drug-likeness (QED) is 0.494. The van der Waals surface area contributed by atoms with Gasteiger partial charge in [-0.25, -0.2) is 0 Å². The van der Waals surface area contributed by atoms with E-state index in [2.05, 4.69) is 6.58 Å². The van der Waals surface area contributed by atoms with Crippen LogP contribution in [0.5, 0.6) is 0 Å². The Labute approximate surface area is 82.6 Å². The lowest BCUT2D eigenvalue weighted by Crippen LogP contribution is -2.54. The molecule has 1 heterocycles. The SMILES string of the molecule is C=CCO[C@H]1CO[C@H](CO)[C@@H](O)[C@@H]1O. The Morgan fingerprint density at radius 3 is 2.71 bits per heavy atom. The highest BCUT2D eigenvalue weighted by Crippen LogP contribution is 2.17. The number of hydrogen-bond acceptors (Lipinski definition) is 5. The van der Waals surface area contributed by atoms with E-state index in [9.17, 15) is 10.2 Å². The van der Waals surface area contributed by atoms with Crippen molar-refractivity contribution in [1.29, 1.82) is 0 Å². The molecule has 0 aliphatic carbocycles. The van der Waals surface area contributed by atoms with Crippen molar-refractivity contribution in [3.8, 4) is 0 Å². The Kier molecular flexibility index (Phi) is 4.50. The molecule has 4 atom stereocenters. The molecule has 0 radical (unpaired) electrons. The first-order chi connectivity index (χ1) is 6.70. The molecule has 82 valence electrons. The van der Waals surface area contributed by atoms with E-state index in [-0.39, 0.29) is 13.2 Å². The van der Waals surface area contributed by atoms with E-state index in [0.29, 0.717) is 6.61 Å². The minimum absolute atomic E-state index is 0.164. The van der Waals surface area contributed by atoms with E-state index in [1.165, 1.54) is 0 Å². The fourth-order valence-electron chi connectivity index (χ4n) is 1.35. The molecule has 5 nitrogen and oxygen atoms in total. The molecule has 0 spiro atoms. The van der Waals surface area contributed by atoms with E-state index in [1.807, 2.05) is 0 Å². The molecule has 1 aliphatic heterocycles. The van der Waals surface area contributed by atoms with Crippen molar-refractivity contribution < 1.29 is 24.8 Å². The lowest BCUT2D eigenvalue weighted by Gasteiger charge is -2.36. The molecule has 0 bridgehead atoms. The van der Waals surface area contributed by atoms with Crippen LogP contribution in [0.25, 0.3) is 0 Å². The Hall–Kier alpha value is -0.460.